The molecule has 0 unspecified atom stereocenters. The van der Waals surface area contributed by atoms with Crippen LogP contribution in [0.15, 0.2) is 4.99 Å². The molecular formula is C14H30IN3S. The molecular weight excluding hydrogens is 369 g/mol. The summed E-state index contributed by atoms with van der Waals surface area (Å²) in [6.07, 6.45) is 9.09. The van der Waals surface area contributed by atoms with E-state index in [9.17, 15) is 0 Å². The van der Waals surface area contributed by atoms with E-state index in [1.807, 2.05) is 18.8 Å². The average Bonchev–Trinajstić information content (AvgIpc) is 2.43. The Bertz CT molecular complexity index is 241. The number of aliphatic imine (C=N–C) groups is 1. The van der Waals surface area contributed by atoms with Crippen molar-refractivity contribution in [3.63, 3.8) is 0 Å². The first-order chi connectivity index (χ1) is 8.80. The Morgan fingerprint density at radius 3 is 2.32 bits per heavy atom. The maximum absolute atomic E-state index is 4.26. The van der Waals surface area contributed by atoms with Gasteiger partial charge in [-0.3, -0.25) is 4.99 Å². The smallest absolute Gasteiger partial charge is 0.191 e. The molecule has 1 aliphatic rings. The summed E-state index contributed by atoms with van der Waals surface area (Å²) in [6.45, 7) is 4.39. The topological polar surface area (TPSA) is 36.4 Å². The highest BCUT2D eigenvalue weighted by Crippen LogP contribution is 2.29. The summed E-state index contributed by atoms with van der Waals surface area (Å²) in [5.74, 6) is 3.91. The van der Waals surface area contributed by atoms with Crippen LogP contribution in [-0.4, -0.2) is 38.1 Å². The molecule has 0 amide bonds. The van der Waals surface area contributed by atoms with Crippen LogP contribution in [-0.2, 0) is 0 Å². The van der Waals surface area contributed by atoms with Gasteiger partial charge >= 0.3 is 0 Å². The summed E-state index contributed by atoms with van der Waals surface area (Å²) in [4.78, 5) is 4.26. The molecule has 0 spiro atoms. The van der Waals surface area contributed by atoms with Crippen molar-refractivity contribution >= 4 is 41.7 Å². The molecule has 0 saturated heterocycles. The van der Waals surface area contributed by atoms with Gasteiger partial charge in [0, 0.05) is 25.9 Å². The van der Waals surface area contributed by atoms with E-state index in [1.165, 1.54) is 32.1 Å². The maximum atomic E-state index is 4.26. The SMILES string of the molecule is CCC1CCC(CNC(=NC)NCCSC)CC1.I. The molecule has 0 heterocycles. The summed E-state index contributed by atoms with van der Waals surface area (Å²) < 4.78 is 0. The van der Waals surface area contributed by atoms with Gasteiger partial charge in [0.15, 0.2) is 5.96 Å². The highest BCUT2D eigenvalue weighted by Gasteiger charge is 2.19. The Hall–Kier alpha value is 0.350. The minimum atomic E-state index is 0. The maximum Gasteiger partial charge on any atom is 0.191 e. The highest BCUT2D eigenvalue weighted by atomic mass is 127. The Morgan fingerprint density at radius 1 is 1.16 bits per heavy atom. The number of thioether (sulfide) groups is 1. The Labute approximate surface area is 140 Å². The molecule has 1 aliphatic carbocycles. The lowest BCUT2D eigenvalue weighted by molar-refractivity contribution is 0.269. The van der Waals surface area contributed by atoms with Gasteiger partial charge in [-0.05, 0) is 30.9 Å². The van der Waals surface area contributed by atoms with Crippen LogP contribution in [0.25, 0.3) is 0 Å². The number of guanidine groups is 1. The zero-order chi connectivity index (χ0) is 13.2. The molecule has 0 atom stereocenters. The molecule has 19 heavy (non-hydrogen) atoms. The molecule has 0 aliphatic heterocycles. The van der Waals surface area contributed by atoms with Crippen molar-refractivity contribution in [2.45, 2.75) is 39.0 Å². The Morgan fingerprint density at radius 2 is 1.79 bits per heavy atom. The van der Waals surface area contributed by atoms with E-state index in [0.717, 1.165) is 36.6 Å². The van der Waals surface area contributed by atoms with Gasteiger partial charge in [-0.2, -0.15) is 11.8 Å². The van der Waals surface area contributed by atoms with Crippen LogP contribution in [0.4, 0.5) is 0 Å². The standard InChI is InChI=1S/C14H29N3S.HI/c1-4-12-5-7-13(8-6-12)11-17-14(15-2)16-9-10-18-3;/h12-13H,4-11H2,1-3H3,(H2,15,16,17);1H. The number of halogens is 1. The number of hydrogen-bond donors (Lipinski definition) is 2. The van der Waals surface area contributed by atoms with Crippen molar-refractivity contribution < 1.29 is 0 Å². The third kappa shape index (κ3) is 8.27. The van der Waals surface area contributed by atoms with Crippen LogP contribution in [0.5, 0.6) is 0 Å². The lowest BCUT2D eigenvalue weighted by atomic mass is 9.81. The highest BCUT2D eigenvalue weighted by molar-refractivity contribution is 14.0. The van der Waals surface area contributed by atoms with E-state index in [-0.39, 0.29) is 24.0 Å². The molecule has 0 aromatic rings. The van der Waals surface area contributed by atoms with Crippen molar-refractivity contribution in [2.75, 3.05) is 32.1 Å². The van der Waals surface area contributed by atoms with Crippen molar-refractivity contribution in [3.05, 3.63) is 0 Å². The quantitative estimate of drug-likeness (QED) is 0.311. The summed E-state index contributed by atoms with van der Waals surface area (Å²) in [7, 11) is 1.85. The number of hydrogen-bond acceptors (Lipinski definition) is 2. The zero-order valence-electron chi connectivity index (χ0n) is 12.6. The fraction of sp³-hybridized carbons (Fsp3) is 0.929. The van der Waals surface area contributed by atoms with Crippen molar-refractivity contribution in [1.82, 2.24) is 10.6 Å². The zero-order valence-corrected chi connectivity index (χ0v) is 15.7. The fourth-order valence-electron chi connectivity index (χ4n) is 2.58. The van der Waals surface area contributed by atoms with Crippen LogP contribution >= 0.6 is 35.7 Å². The Balaban J connectivity index is 0.00000324. The Kier molecular flexibility index (Phi) is 12.3. The van der Waals surface area contributed by atoms with E-state index < -0.39 is 0 Å². The molecule has 2 N–H and O–H groups in total. The summed E-state index contributed by atoms with van der Waals surface area (Å²) in [6, 6.07) is 0. The molecule has 1 fully saturated rings. The predicted molar refractivity (Wildman–Crippen MR) is 98.9 cm³/mol. The molecule has 0 aromatic carbocycles. The molecule has 0 radical (unpaired) electrons. The van der Waals surface area contributed by atoms with Gasteiger partial charge in [-0.15, -0.1) is 24.0 Å². The lowest BCUT2D eigenvalue weighted by Gasteiger charge is -2.28. The lowest BCUT2D eigenvalue weighted by Crippen LogP contribution is -2.41. The summed E-state index contributed by atoms with van der Waals surface area (Å²) in [5, 5.41) is 6.81. The molecule has 1 saturated carbocycles. The van der Waals surface area contributed by atoms with Crippen LogP contribution in [0.1, 0.15) is 39.0 Å². The van der Waals surface area contributed by atoms with Gasteiger partial charge in [0.2, 0.25) is 0 Å². The largest absolute Gasteiger partial charge is 0.356 e. The van der Waals surface area contributed by atoms with Gasteiger partial charge in [-0.1, -0.05) is 26.2 Å². The monoisotopic (exact) mass is 399 g/mol. The van der Waals surface area contributed by atoms with Gasteiger partial charge < -0.3 is 10.6 Å². The number of nitrogens with one attached hydrogen (secondary N) is 2. The van der Waals surface area contributed by atoms with Gasteiger partial charge in [0.25, 0.3) is 0 Å². The van der Waals surface area contributed by atoms with E-state index in [1.54, 1.807) is 0 Å². The van der Waals surface area contributed by atoms with Crippen molar-refractivity contribution in [2.24, 2.45) is 16.8 Å². The van der Waals surface area contributed by atoms with Crippen LogP contribution in [0, 0.1) is 11.8 Å². The first-order valence-electron chi connectivity index (χ1n) is 7.23. The second-order valence-electron chi connectivity index (χ2n) is 5.17. The number of rotatable bonds is 6. The first-order valence-corrected chi connectivity index (χ1v) is 8.63. The van der Waals surface area contributed by atoms with Crippen LogP contribution in [0.3, 0.4) is 0 Å². The molecule has 114 valence electrons. The number of nitrogens with zero attached hydrogens (tertiary/aromatic N) is 1. The third-order valence-corrected chi connectivity index (χ3v) is 4.54. The predicted octanol–water partition coefficient (Wildman–Crippen LogP) is 3.35. The van der Waals surface area contributed by atoms with Crippen LogP contribution < -0.4 is 10.6 Å². The van der Waals surface area contributed by atoms with E-state index in [2.05, 4.69) is 28.8 Å². The van der Waals surface area contributed by atoms with Crippen molar-refractivity contribution in [3.8, 4) is 0 Å². The van der Waals surface area contributed by atoms with Gasteiger partial charge in [-0.25, -0.2) is 0 Å². The third-order valence-electron chi connectivity index (χ3n) is 3.92. The van der Waals surface area contributed by atoms with Gasteiger partial charge in [0.05, 0.1) is 0 Å². The van der Waals surface area contributed by atoms with E-state index >= 15 is 0 Å². The minimum absolute atomic E-state index is 0. The second kappa shape index (κ2) is 12.1. The summed E-state index contributed by atoms with van der Waals surface area (Å²) >= 11 is 1.86. The fourth-order valence-corrected chi connectivity index (χ4v) is 2.88. The molecule has 0 bridgehead atoms. The first kappa shape index (κ1) is 19.4. The van der Waals surface area contributed by atoms with Crippen LogP contribution in [0.2, 0.25) is 0 Å². The average molecular weight is 399 g/mol. The van der Waals surface area contributed by atoms with Crippen molar-refractivity contribution in [1.29, 1.82) is 0 Å². The molecule has 0 aromatic heterocycles. The second-order valence-corrected chi connectivity index (χ2v) is 6.15. The van der Waals surface area contributed by atoms with E-state index in [0.29, 0.717) is 0 Å². The molecule has 1 rings (SSSR count). The van der Waals surface area contributed by atoms with Gasteiger partial charge in [0.1, 0.15) is 0 Å². The molecule has 3 nitrogen and oxygen atoms in total. The van der Waals surface area contributed by atoms with E-state index in [4.69, 9.17) is 0 Å². The summed E-state index contributed by atoms with van der Waals surface area (Å²) in [5.41, 5.74) is 0. The minimum Gasteiger partial charge on any atom is -0.356 e. The molecule has 5 heteroatoms. The normalized spacial score (nSPS) is 23.6.